The Balaban J connectivity index is 1.58. The Kier molecular flexibility index (Phi) is 7.86. The van der Waals surface area contributed by atoms with Gasteiger partial charge in [0.2, 0.25) is 15.9 Å². The first-order valence-electron chi connectivity index (χ1n) is 10.2. The van der Waals surface area contributed by atoms with Gasteiger partial charge in [-0.1, -0.05) is 29.3 Å². The molecule has 31 heavy (non-hydrogen) atoms. The molecule has 1 fully saturated rings. The normalized spacial score (nSPS) is 15.6. The summed E-state index contributed by atoms with van der Waals surface area (Å²) in [6.45, 7) is 5.14. The van der Waals surface area contributed by atoms with E-state index in [2.05, 4.69) is 5.32 Å². The first kappa shape index (κ1) is 23.9. The summed E-state index contributed by atoms with van der Waals surface area (Å²) in [4.78, 5) is 12.8. The molecular weight excluding hydrogens is 459 g/mol. The van der Waals surface area contributed by atoms with Gasteiger partial charge >= 0.3 is 0 Å². The molecule has 1 heterocycles. The molecule has 6 nitrogen and oxygen atoms in total. The number of hydrogen-bond donors (Lipinski definition) is 1. The highest BCUT2D eigenvalue weighted by atomic mass is 35.5. The van der Waals surface area contributed by atoms with Gasteiger partial charge in [-0.2, -0.15) is 4.31 Å². The van der Waals surface area contributed by atoms with Crippen molar-refractivity contribution in [3.8, 4) is 5.75 Å². The molecule has 3 rings (SSSR count). The summed E-state index contributed by atoms with van der Waals surface area (Å²) in [6, 6.07) is 10.0. The van der Waals surface area contributed by atoms with E-state index < -0.39 is 10.0 Å². The van der Waals surface area contributed by atoms with Crippen LogP contribution in [0.3, 0.4) is 0 Å². The number of nitrogens with one attached hydrogen (secondary N) is 1. The number of ether oxygens (including phenoxy) is 1. The SMILES string of the molecule is CCOc1ccc(S(=O)(=O)N2CCC(C(=O)NCc3ccc(Cl)cc3Cl)CC2)cc1C. The van der Waals surface area contributed by atoms with Crippen LogP contribution in [-0.2, 0) is 21.4 Å². The number of carbonyl (C=O) groups is 1. The van der Waals surface area contributed by atoms with Crippen molar-refractivity contribution in [1.29, 1.82) is 0 Å². The number of amides is 1. The summed E-state index contributed by atoms with van der Waals surface area (Å²) in [5, 5.41) is 3.93. The maximum Gasteiger partial charge on any atom is 0.243 e. The highest BCUT2D eigenvalue weighted by Gasteiger charge is 2.32. The fourth-order valence-corrected chi connectivity index (χ4v) is 5.63. The second-order valence-corrected chi connectivity index (χ2v) is 10.3. The molecule has 1 saturated heterocycles. The third-order valence-corrected chi connectivity index (χ3v) is 7.86. The minimum atomic E-state index is -3.61. The van der Waals surface area contributed by atoms with E-state index in [0.717, 1.165) is 11.1 Å². The smallest absolute Gasteiger partial charge is 0.243 e. The zero-order valence-corrected chi connectivity index (χ0v) is 19.9. The standard InChI is InChI=1S/C22H26Cl2N2O4S/c1-3-30-21-7-6-19(12-15(21)2)31(28,29)26-10-8-16(9-11-26)22(27)25-14-17-4-5-18(23)13-20(17)24/h4-7,12-13,16H,3,8-11,14H2,1-2H3,(H,25,27). The molecule has 2 aromatic carbocycles. The number of benzene rings is 2. The van der Waals surface area contributed by atoms with Crippen molar-refractivity contribution in [2.75, 3.05) is 19.7 Å². The van der Waals surface area contributed by atoms with Crippen molar-refractivity contribution < 1.29 is 17.9 Å². The van der Waals surface area contributed by atoms with Crippen LogP contribution in [0.4, 0.5) is 0 Å². The number of rotatable bonds is 7. The first-order valence-corrected chi connectivity index (χ1v) is 12.4. The summed E-state index contributed by atoms with van der Waals surface area (Å²) >= 11 is 12.0. The van der Waals surface area contributed by atoms with E-state index >= 15 is 0 Å². The maximum absolute atomic E-state index is 13.0. The minimum Gasteiger partial charge on any atom is -0.494 e. The number of carbonyl (C=O) groups excluding carboxylic acids is 1. The van der Waals surface area contributed by atoms with E-state index in [-0.39, 0.29) is 16.7 Å². The quantitative estimate of drug-likeness (QED) is 0.630. The third-order valence-electron chi connectivity index (χ3n) is 5.38. The maximum atomic E-state index is 13.0. The summed E-state index contributed by atoms with van der Waals surface area (Å²) < 4.78 is 33.0. The molecule has 1 aliphatic heterocycles. The van der Waals surface area contributed by atoms with Gasteiger partial charge in [0, 0.05) is 35.6 Å². The summed E-state index contributed by atoms with van der Waals surface area (Å²) in [6.07, 6.45) is 0.935. The van der Waals surface area contributed by atoms with Gasteiger partial charge in [0.25, 0.3) is 0 Å². The molecule has 0 aromatic heterocycles. The molecule has 9 heteroatoms. The van der Waals surface area contributed by atoms with Gasteiger partial charge in [0.1, 0.15) is 5.75 Å². The molecule has 1 N–H and O–H groups in total. The predicted molar refractivity (Wildman–Crippen MR) is 122 cm³/mol. The highest BCUT2D eigenvalue weighted by Crippen LogP contribution is 2.28. The number of nitrogens with zero attached hydrogens (tertiary/aromatic N) is 1. The van der Waals surface area contributed by atoms with Crippen LogP contribution in [0.25, 0.3) is 0 Å². The topological polar surface area (TPSA) is 75.7 Å². The second kappa shape index (κ2) is 10.2. The lowest BCUT2D eigenvalue weighted by atomic mass is 9.97. The summed E-state index contributed by atoms with van der Waals surface area (Å²) in [5.41, 5.74) is 1.56. The Labute approximate surface area is 193 Å². The highest BCUT2D eigenvalue weighted by molar-refractivity contribution is 7.89. The first-order chi connectivity index (χ1) is 14.7. The van der Waals surface area contributed by atoms with Crippen molar-refractivity contribution in [2.45, 2.75) is 38.1 Å². The summed E-state index contributed by atoms with van der Waals surface area (Å²) in [7, 11) is -3.61. The molecule has 0 bridgehead atoms. The average molecular weight is 485 g/mol. The molecule has 0 atom stereocenters. The van der Waals surface area contributed by atoms with Crippen molar-refractivity contribution in [3.05, 3.63) is 57.6 Å². The number of aryl methyl sites for hydroxylation is 1. The van der Waals surface area contributed by atoms with Crippen LogP contribution in [-0.4, -0.2) is 38.3 Å². The Morgan fingerprint density at radius 2 is 1.87 bits per heavy atom. The van der Waals surface area contributed by atoms with Crippen molar-refractivity contribution >= 4 is 39.1 Å². The lowest BCUT2D eigenvalue weighted by molar-refractivity contribution is -0.126. The van der Waals surface area contributed by atoms with Crippen LogP contribution in [0.2, 0.25) is 10.0 Å². The molecule has 0 unspecified atom stereocenters. The molecule has 0 aliphatic carbocycles. The van der Waals surface area contributed by atoms with E-state index in [1.165, 1.54) is 4.31 Å². The van der Waals surface area contributed by atoms with Gasteiger partial charge in [0.15, 0.2) is 0 Å². The van der Waals surface area contributed by atoms with Gasteiger partial charge in [-0.15, -0.1) is 0 Å². The van der Waals surface area contributed by atoms with Gasteiger partial charge in [-0.25, -0.2) is 8.42 Å². The molecule has 1 aliphatic rings. The monoisotopic (exact) mass is 484 g/mol. The van der Waals surface area contributed by atoms with E-state index in [0.29, 0.717) is 54.9 Å². The predicted octanol–water partition coefficient (Wildman–Crippen LogP) is 4.42. The minimum absolute atomic E-state index is 0.0972. The Bertz CT molecular complexity index is 1050. The molecule has 2 aromatic rings. The van der Waals surface area contributed by atoms with Crippen molar-refractivity contribution in [2.24, 2.45) is 5.92 Å². The van der Waals surface area contributed by atoms with Gasteiger partial charge < -0.3 is 10.1 Å². The van der Waals surface area contributed by atoms with E-state index in [9.17, 15) is 13.2 Å². The Morgan fingerprint density at radius 3 is 2.48 bits per heavy atom. The van der Waals surface area contributed by atoms with E-state index in [4.69, 9.17) is 27.9 Å². The van der Waals surface area contributed by atoms with Crippen molar-refractivity contribution in [1.82, 2.24) is 9.62 Å². The van der Waals surface area contributed by atoms with Crippen LogP contribution in [0.1, 0.15) is 30.9 Å². The van der Waals surface area contributed by atoms with Gasteiger partial charge in [-0.05, 0) is 68.1 Å². The molecule has 1 amide bonds. The number of halogens is 2. The van der Waals surface area contributed by atoms with Gasteiger partial charge in [-0.3, -0.25) is 4.79 Å². The molecule has 0 radical (unpaired) electrons. The molecular formula is C22H26Cl2N2O4S. The molecule has 0 spiro atoms. The van der Waals surface area contributed by atoms with Crippen LogP contribution in [0, 0.1) is 12.8 Å². The van der Waals surface area contributed by atoms with Crippen LogP contribution in [0.5, 0.6) is 5.75 Å². The Hall–Kier alpha value is -1.80. The Morgan fingerprint density at radius 1 is 1.16 bits per heavy atom. The number of sulfonamides is 1. The fraction of sp³-hybridized carbons (Fsp3) is 0.409. The fourth-order valence-electron chi connectivity index (χ4n) is 3.60. The average Bonchev–Trinajstić information content (AvgIpc) is 2.74. The van der Waals surface area contributed by atoms with Crippen molar-refractivity contribution in [3.63, 3.8) is 0 Å². The number of hydrogen-bond acceptors (Lipinski definition) is 4. The summed E-state index contributed by atoms with van der Waals surface area (Å²) in [5.74, 6) is 0.345. The van der Waals surface area contributed by atoms with Crippen LogP contribution < -0.4 is 10.1 Å². The lowest BCUT2D eigenvalue weighted by Gasteiger charge is -2.30. The number of piperidine rings is 1. The van der Waals surface area contributed by atoms with Crippen LogP contribution in [0.15, 0.2) is 41.3 Å². The zero-order chi connectivity index (χ0) is 22.6. The largest absolute Gasteiger partial charge is 0.494 e. The zero-order valence-electron chi connectivity index (χ0n) is 17.5. The van der Waals surface area contributed by atoms with E-state index in [1.807, 2.05) is 13.8 Å². The third kappa shape index (κ3) is 5.71. The lowest BCUT2D eigenvalue weighted by Crippen LogP contribution is -2.42. The van der Waals surface area contributed by atoms with Crippen LogP contribution >= 0.6 is 23.2 Å². The van der Waals surface area contributed by atoms with Gasteiger partial charge in [0.05, 0.1) is 11.5 Å². The molecule has 0 saturated carbocycles. The van der Waals surface area contributed by atoms with E-state index in [1.54, 1.807) is 36.4 Å². The second-order valence-electron chi connectivity index (χ2n) is 7.49. The molecule has 168 valence electrons.